The van der Waals surface area contributed by atoms with E-state index in [9.17, 15) is 18.7 Å². The summed E-state index contributed by atoms with van der Waals surface area (Å²) in [5.74, 6) is -3.31. The van der Waals surface area contributed by atoms with Gasteiger partial charge in [0.25, 0.3) is 5.91 Å². The Morgan fingerprint density at radius 2 is 2.00 bits per heavy atom. The van der Waals surface area contributed by atoms with Crippen molar-refractivity contribution in [2.24, 2.45) is 0 Å². The van der Waals surface area contributed by atoms with Gasteiger partial charge in [0.15, 0.2) is 11.6 Å². The van der Waals surface area contributed by atoms with Gasteiger partial charge in [-0.3, -0.25) is 9.63 Å². The Kier molecular flexibility index (Phi) is 7.57. The third-order valence-corrected chi connectivity index (χ3v) is 4.90. The highest BCUT2D eigenvalue weighted by Gasteiger charge is 2.30. The first-order valence-corrected chi connectivity index (χ1v) is 9.50. The maximum atomic E-state index is 14.4. The number of hydrogen-bond acceptors (Lipinski definition) is 5. The van der Waals surface area contributed by atoms with Crippen LogP contribution in [-0.4, -0.2) is 34.4 Å². The van der Waals surface area contributed by atoms with Gasteiger partial charge >= 0.3 is 0 Å². The number of rotatable bonds is 7. The van der Waals surface area contributed by atoms with E-state index in [0.29, 0.717) is 0 Å². The summed E-state index contributed by atoms with van der Waals surface area (Å²) in [5, 5.41) is 21.6. The summed E-state index contributed by atoms with van der Waals surface area (Å²) in [7, 11) is 0. The second-order valence-corrected chi connectivity index (χ2v) is 8.02. The van der Waals surface area contributed by atoms with E-state index in [1.54, 1.807) is 18.2 Å². The summed E-state index contributed by atoms with van der Waals surface area (Å²) < 4.78 is 29.0. The third-order valence-electron chi connectivity index (χ3n) is 3.91. The van der Waals surface area contributed by atoms with Crippen LogP contribution in [0.4, 0.5) is 20.2 Å². The molecule has 2 rings (SSSR count). The fraction of sp³-hybridized carbons (Fsp3) is 0.278. The van der Waals surface area contributed by atoms with Gasteiger partial charge < -0.3 is 15.5 Å². The standard InChI is InChI=1S/C18H18ClF2IN2O4/c1-18(2,14(26)8-25)28-24-17(27)10-4-5-12(20)15(21)16(10)23-13-6-3-9(22)7-11(13)19/h3-7,14,23,25-26H,8H2,1-2H3,(H,24,27). The quantitative estimate of drug-likeness (QED) is 0.326. The van der Waals surface area contributed by atoms with E-state index in [1.807, 2.05) is 22.6 Å². The van der Waals surface area contributed by atoms with Gasteiger partial charge in [-0.2, -0.15) is 0 Å². The SMILES string of the molecule is CC(C)(ONC(=O)c1ccc(F)c(F)c1Nc1ccc(I)cc1Cl)C(O)CO. The van der Waals surface area contributed by atoms with E-state index in [1.165, 1.54) is 13.8 Å². The molecule has 152 valence electrons. The van der Waals surface area contributed by atoms with Crippen molar-refractivity contribution in [1.29, 1.82) is 0 Å². The van der Waals surface area contributed by atoms with E-state index < -0.39 is 41.5 Å². The lowest BCUT2D eigenvalue weighted by Crippen LogP contribution is -2.46. The topological polar surface area (TPSA) is 90.8 Å². The molecule has 0 aliphatic carbocycles. The number of anilines is 2. The number of nitrogens with one attached hydrogen (secondary N) is 2. The zero-order chi connectivity index (χ0) is 21.1. The number of benzene rings is 2. The van der Waals surface area contributed by atoms with Crippen LogP contribution in [0.2, 0.25) is 5.02 Å². The molecular formula is C18H18ClF2IN2O4. The molecule has 0 aromatic heterocycles. The van der Waals surface area contributed by atoms with E-state index in [2.05, 4.69) is 10.8 Å². The van der Waals surface area contributed by atoms with Crippen LogP contribution in [0.3, 0.4) is 0 Å². The molecule has 0 spiro atoms. The average molecular weight is 527 g/mol. The molecule has 10 heteroatoms. The number of aliphatic hydroxyl groups excluding tert-OH is 2. The van der Waals surface area contributed by atoms with Crippen molar-refractivity contribution in [2.45, 2.75) is 25.6 Å². The maximum Gasteiger partial charge on any atom is 0.277 e. The van der Waals surface area contributed by atoms with Gasteiger partial charge in [0.05, 0.1) is 28.6 Å². The highest BCUT2D eigenvalue weighted by Crippen LogP contribution is 2.31. The highest BCUT2D eigenvalue weighted by molar-refractivity contribution is 14.1. The van der Waals surface area contributed by atoms with Crippen molar-refractivity contribution in [3.05, 3.63) is 56.1 Å². The molecule has 0 saturated carbocycles. The zero-order valence-corrected chi connectivity index (χ0v) is 17.8. The van der Waals surface area contributed by atoms with Crippen molar-refractivity contribution in [3.63, 3.8) is 0 Å². The van der Waals surface area contributed by atoms with Crippen molar-refractivity contribution in [2.75, 3.05) is 11.9 Å². The molecule has 6 nitrogen and oxygen atoms in total. The molecule has 1 unspecified atom stereocenters. The molecule has 0 radical (unpaired) electrons. The summed E-state index contributed by atoms with van der Waals surface area (Å²) in [6.45, 7) is 2.28. The van der Waals surface area contributed by atoms with Crippen LogP contribution in [0.1, 0.15) is 24.2 Å². The molecule has 0 saturated heterocycles. The molecule has 2 aromatic carbocycles. The third kappa shape index (κ3) is 5.29. The molecule has 0 bridgehead atoms. The normalized spacial score (nSPS) is 12.6. The molecular weight excluding hydrogens is 509 g/mol. The lowest BCUT2D eigenvalue weighted by atomic mass is 10.0. The van der Waals surface area contributed by atoms with Gasteiger partial charge in [-0.1, -0.05) is 11.6 Å². The van der Waals surface area contributed by atoms with Crippen molar-refractivity contribution < 1.29 is 28.6 Å². The van der Waals surface area contributed by atoms with Gasteiger partial charge in [0.2, 0.25) is 0 Å². The van der Waals surface area contributed by atoms with Crippen LogP contribution in [0.25, 0.3) is 0 Å². The minimum Gasteiger partial charge on any atom is -0.394 e. The minimum atomic E-state index is -1.32. The van der Waals surface area contributed by atoms with Gasteiger partial charge in [-0.25, -0.2) is 14.3 Å². The number of aliphatic hydroxyl groups is 2. The summed E-state index contributed by atoms with van der Waals surface area (Å²) in [5.41, 5.74) is 0.356. The Morgan fingerprint density at radius 3 is 2.61 bits per heavy atom. The fourth-order valence-electron chi connectivity index (χ4n) is 2.11. The lowest BCUT2D eigenvalue weighted by Gasteiger charge is -2.28. The van der Waals surface area contributed by atoms with E-state index >= 15 is 0 Å². The average Bonchev–Trinajstić information content (AvgIpc) is 2.64. The number of hydrogen-bond donors (Lipinski definition) is 4. The largest absolute Gasteiger partial charge is 0.394 e. The second kappa shape index (κ2) is 9.31. The molecule has 1 atom stereocenters. The van der Waals surface area contributed by atoms with Gasteiger partial charge in [0.1, 0.15) is 11.7 Å². The second-order valence-electron chi connectivity index (χ2n) is 6.37. The first-order valence-electron chi connectivity index (χ1n) is 8.04. The van der Waals surface area contributed by atoms with Crippen LogP contribution < -0.4 is 10.8 Å². The molecule has 0 aliphatic rings. The van der Waals surface area contributed by atoms with Gasteiger partial charge in [-0.15, -0.1) is 0 Å². The van der Waals surface area contributed by atoms with Crippen LogP contribution >= 0.6 is 34.2 Å². The van der Waals surface area contributed by atoms with Gasteiger partial charge in [-0.05, 0) is 66.8 Å². The predicted molar refractivity (Wildman–Crippen MR) is 110 cm³/mol. The summed E-state index contributed by atoms with van der Waals surface area (Å²) in [6, 6.07) is 6.76. The maximum absolute atomic E-state index is 14.4. The van der Waals surface area contributed by atoms with Crippen LogP contribution in [0.5, 0.6) is 0 Å². The Labute approximate surface area is 178 Å². The number of carbonyl (C=O) groups excluding carboxylic acids is 1. The fourth-order valence-corrected chi connectivity index (χ4v) is 3.01. The molecule has 28 heavy (non-hydrogen) atoms. The number of carbonyl (C=O) groups is 1. The first-order chi connectivity index (χ1) is 13.1. The van der Waals surface area contributed by atoms with E-state index in [0.717, 1.165) is 15.7 Å². The molecule has 4 N–H and O–H groups in total. The number of amides is 1. The molecule has 2 aromatic rings. The van der Waals surface area contributed by atoms with Crippen molar-refractivity contribution in [3.8, 4) is 0 Å². The van der Waals surface area contributed by atoms with Crippen LogP contribution in [0, 0.1) is 15.2 Å². The minimum absolute atomic E-state index is 0.247. The highest BCUT2D eigenvalue weighted by atomic mass is 127. The summed E-state index contributed by atoms with van der Waals surface area (Å²) in [6.07, 6.45) is -1.28. The first kappa shape index (κ1) is 22.8. The lowest BCUT2D eigenvalue weighted by molar-refractivity contribution is -0.144. The van der Waals surface area contributed by atoms with Crippen LogP contribution in [-0.2, 0) is 4.84 Å². The number of halogens is 4. The van der Waals surface area contributed by atoms with Gasteiger partial charge in [0, 0.05) is 3.57 Å². The Hall–Kier alpha value is -1.53. The van der Waals surface area contributed by atoms with Crippen LogP contribution in [0.15, 0.2) is 30.3 Å². The molecule has 1 amide bonds. The van der Waals surface area contributed by atoms with Crippen molar-refractivity contribution >= 4 is 51.5 Å². The van der Waals surface area contributed by atoms with Crippen molar-refractivity contribution in [1.82, 2.24) is 5.48 Å². The summed E-state index contributed by atoms with van der Waals surface area (Å²) in [4.78, 5) is 17.6. The smallest absolute Gasteiger partial charge is 0.277 e. The zero-order valence-electron chi connectivity index (χ0n) is 14.9. The monoisotopic (exact) mass is 526 g/mol. The molecule has 0 aliphatic heterocycles. The Balaban J connectivity index is 2.32. The Morgan fingerprint density at radius 1 is 1.32 bits per heavy atom. The molecule has 0 heterocycles. The Bertz CT molecular complexity index is 883. The van der Waals surface area contributed by atoms with E-state index in [4.69, 9.17) is 21.5 Å². The van der Waals surface area contributed by atoms with E-state index in [-0.39, 0.29) is 16.3 Å². The predicted octanol–water partition coefficient (Wildman–Crippen LogP) is 3.76. The number of hydroxylamine groups is 1. The summed E-state index contributed by atoms with van der Waals surface area (Å²) >= 11 is 8.16. The molecule has 0 fully saturated rings.